The van der Waals surface area contributed by atoms with E-state index in [2.05, 4.69) is 11.0 Å². The summed E-state index contributed by atoms with van der Waals surface area (Å²) in [4.78, 5) is 34.0. The highest BCUT2D eigenvalue weighted by atomic mass is 16.5. The molecule has 0 N–H and O–H groups in total. The van der Waals surface area contributed by atoms with Gasteiger partial charge in [0.05, 0.1) is 24.3 Å². The Morgan fingerprint density at radius 2 is 1.72 bits per heavy atom. The van der Waals surface area contributed by atoms with Crippen molar-refractivity contribution in [2.75, 3.05) is 38.2 Å². The highest BCUT2D eigenvalue weighted by molar-refractivity contribution is 6.00. The molecular formula is C29H34N4O3. The molecule has 1 aliphatic carbocycles. The van der Waals surface area contributed by atoms with E-state index in [1.807, 2.05) is 52.3 Å². The molecule has 2 saturated heterocycles. The lowest BCUT2D eigenvalue weighted by Gasteiger charge is -2.35. The minimum absolute atomic E-state index is 0.0781. The first-order valence-corrected chi connectivity index (χ1v) is 13.1. The molecule has 7 nitrogen and oxygen atoms in total. The van der Waals surface area contributed by atoms with Crippen molar-refractivity contribution in [3.8, 4) is 11.8 Å². The third-order valence-electron chi connectivity index (χ3n) is 8.11. The van der Waals surface area contributed by atoms with Gasteiger partial charge in [0.1, 0.15) is 11.8 Å². The number of amides is 2. The van der Waals surface area contributed by atoms with Crippen LogP contribution in [-0.4, -0.2) is 67.0 Å². The number of carbonyl (C=O) groups excluding carboxylic acids is 2. The number of para-hydroxylation sites is 1. The zero-order valence-corrected chi connectivity index (χ0v) is 20.9. The highest BCUT2D eigenvalue weighted by Gasteiger charge is 2.49. The van der Waals surface area contributed by atoms with Crippen molar-refractivity contribution in [2.45, 2.75) is 50.6 Å². The van der Waals surface area contributed by atoms with E-state index < -0.39 is 6.04 Å². The summed E-state index contributed by atoms with van der Waals surface area (Å²) in [7, 11) is 1.58. The van der Waals surface area contributed by atoms with Crippen molar-refractivity contribution in [3.63, 3.8) is 0 Å². The number of benzene rings is 2. The van der Waals surface area contributed by atoms with Crippen molar-refractivity contribution < 1.29 is 14.3 Å². The number of nitrogens with zero attached hydrogens (tertiary/aromatic N) is 4. The smallest absolute Gasteiger partial charge is 0.258 e. The average Bonchev–Trinajstić information content (AvgIpc) is 3.14. The van der Waals surface area contributed by atoms with Gasteiger partial charge in [0.15, 0.2) is 0 Å². The quantitative estimate of drug-likeness (QED) is 0.651. The second-order valence-electron chi connectivity index (χ2n) is 10.1. The van der Waals surface area contributed by atoms with Crippen molar-refractivity contribution in [2.24, 2.45) is 5.92 Å². The molecule has 3 atom stereocenters. The average molecular weight is 487 g/mol. The van der Waals surface area contributed by atoms with Crippen LogP contribution in [0.2, 0.25) is 0 Å². The zero-order chi connectivity index (χ0) is 25.1. The first-order valence-electron chi connectivity index (χ1n) is 13.1. The molecule has 3 aliphatic rings. The van der Waals surface area contributed by atoms with Crippen LogP contribution in [0, 0.1) is 17.2 Å². The maximum Gasteiger partial charge on any atom is 0.258 e. The maximum absolute atomic E-state index is 14.0. The molecule has 188 valence electrons. The van der Waals surface area contributed by atoms with Crippen molar-refractivity contribution in [1.82, 2.24) is 9.80 Å². The van der Waals surface area contributed by atoms with Crippen LogP contribution in [-0.2, 0) is 4.79 Å². The lowest BCUT2D eigenvalue weighted by molar-refractivity contribution is -0.135. The minimum Gasteiger partial charge on any atom is -0.496 e. The molecule has 3 fully saturated rings. The van der Waals surface area contributed by atoms with Gasteiger partial charge >= 0.3 is 0 Å². The SMILES string of the molecule is COc1ccccc1C(=O)N1C(C(=O)N2CCCN(c3ccc(C#N)cc3)CC2)CC2CCCCC21. The summed E-state index contributed by atoms with van der Waals surface area (Å²) >= 11 is 0. The molecule has 5 rings (SSSR count). The summed E-state index contributed by atoms with van der Waals surface area (Å²) in [5.41, 5.74) is 2.25. The zero-order valence-electron chi connectivity index (χ0n) is 20.9. The molecule has 7 heteroatoms. The Morgan fingerprint density at radius 1 is 0.944 bits per heavy atom. The van der Waals surface area contributed by atoms with E-state index >= 15 is 0 Å². The second-order valence-corrected chi connectivity index (χ2v) is 10.1. The number of carbonyl (C=O) groups is 2. The normalized spacial score (nSPS) is 24.0. The van der Waals surface area contributed by atoms with Gasteiger partial charge in [-0.25, -0.2) is 0 Å². The topological polar surface area (TPSA) is 76.9 Å². The summed E-state index contributed by atoms with van der Waals surface area (Å²) in [5, 5.41) is 9.08. The number of ether oxygens (including phenoxy) is 1. The molecule has 36 heavy (non-hydrogen) atoms. The van der Waals surface area contributed by atoms with Crippen molar-refractivity contribution >= 4 is 17.5 Å². The molecule has 2 aromatic rings. The van der Waals surface area contributed by atoms with E-state index in [1.165, 1.54) is 6.42 Å². The summed E-state index contributed by atoms with van der Waals surface area (Å²) < 4.78 is 5.49. The van der Waals surface area contributed by atoms with Gasteiger partial charge in [0.2, 0.25) is 5.91 Å². The van der Waals surface area contributed by atoms with E-state index in [4.69, 9.17) is 10.00 Å². The Morgan fingerprint density at radius 3 is 2.50 bits per heavy atom. The fraction of sp³-hybridized carbons (Fsp3) is 0.483. The Bertz CT molecular complexity index is 1140. The molecule has 2 aromatic carbocycles. The van der Waals surface area contributed by atoms with Crippen LogP contribution in [0.5, 0.6) is 5.75 Å². The summed E-state index contributed by atoms with van der Waals surface area (Å²) in [5.74, 6) is 0.929. The Balaban J connectivity index is 1.35. The maximum atomic E-state index is 14.0. The van der Waals surface area contributed by atoms with Gasteiger partial charge < -0.3 is 19.4 Å². The Kier molecular flexibility index (Phi) is 7.13. The van der Waals surface area contributed by atoms with Gasteiger partial charge in [0, 0.05) is 37.9 Å². The molecule has 2 aliphatic heterocycles. The minimum atomic E-state index is -0.419. The standard InChI is InChI=1S/C29H34N4O3/c1-36-27-10-5-3-8-24(27)28(34)33-25-9-4-2-7-22(25)19-26(33)29(35)32-16-6-15-31(17-18-32)23-13-11-21(20-30)12-14-23/h3,5,8,10-14,22,25-26H,2,4,6-7,9,15-19H2,1H3. The van der Waals surface area contributed by atoms with Gasteiger partial charge in [-0.15, -0.1) is 0 Å². The van der Waals surface area contributed by atoms with Crippen LogP contribution in [0.25, 0.3) is 0 Å². The number of hydrogen-bond acceptors (Lipinski definition) is 5. The lowest BCUT2D eigenvalue weighted by atomic mass is 9.84. The number of nitriles is 1. The summed E-state index contributed by atoms with van der Waals surface area (Å²) in [6.45, 7) is 2.91. The first-order chi connectivity index (χ1) is 17.6. The number of rotatable bonds is 4. The van der Waals surface area contributed by atoms with Gasteiger partial charge in [-0.1, -0.05) is 25.0 Å². The summed E-state index contributed by atoms with van der Waals surface area (Å²) in [6, 6.07) is 16.8. The molecule has 0 spiro atoms. The Hall–Kier alpha value is -3.53. The van der Waals surface area contributed by atoms with E-state index in [1.54, 1.807) is 13.2 Å². The fourth-order valence-corrected chi connectivity index (χ4v) is 6.29. The molecule has 2 amide bonds. The van der Waals surface area contributed by atoms with E-state index in [9.17, 15) is 9.59 Å². The third kappa shape index (κ3) is 4.65. The molecule has 0 aromatic heterocycles. The van der Waals surface area contributed by atoms with Crippen LogP contribution in [0.15, 0.2) is 48.5 Å². The fourth-order valence-electron chi connectivity index (χ4n) is 6.29. The van der Waals surface area contributed by atoms with Gasteiger partial charge in [0.25, 0.3) is 5.91 Å². The van der Waals surface area contributed by atoms with Crippen LogP contribution in [0.1, 0.15) is 54.4 Å². The number of fused-ring (bicyclic) bond motifs is 1. The molecule has 3 unspecified atom stereocenters. The van der Waals surface area contributed by atoms with Crippen LogP contribution in [0.4, 0.5) is 5.69 Å². The van der Waals surface area contributed by atoms with Gasteiger partial charge in [-0.05, 0) is 68.0 Å². The second kappa shape index (κ2) is 10.6. The van der Waals surface area contributed by atoms with Crippen molar-refractivity contribution in [3.05, 3.63) is 59.7 Å². The van der Waals surface area contributed by atoms with Gasteiger partial charge in [-0.3, -0.25) is 9.59 Å². The van der Waals surface area contributed by atoms with Crippen LogP contribution < -0.4 is 9.64 Å². The lowest BCUT2D eigenvalue weighted by Crippen LogP contribution is -2.51. The van der Waals surface area contributed by atoms with Crippen LogP contribution in [0.3, 0.4) is 0 Å². The number of likely N-dealkylation sites (tertiary alicyclic amines) is 1. The number of methoxy groups -OCH3 is 1. The predicted octanol–water partition coefficient (Wildman–Crippen LogP) is 4.08. The molecule has 1 saturated carbocycles. The molecule has 0 radical (unpaired) electrons. The highest BCUT2D eigenvalue weighted by Crippen LogP contribution is 2.41. The molecule has 0 bridgehead atoms. The third-order valence-corrected chi connectivity index (χ3v) is 8.11. The first kappa shape index (κ1) is 24.2. The van der Waals surface area contributed by atoms with Crippen molar-refractivity contribution in [1.29, 1.82) is 5.26 Å². The molecular weight excluding hydrogens is 452 g/mol. The van der Waals surface area contributed by atoms with Gasteiger partial charge in [-0.2, -0.15) is 5.26 Å². The van der Waals surface area contributed by atoms with E-state index in [0.717, 1.165) is 50.9 Å². The largest absolute Gasteiger partial charge is 0.496 e. The van der Waals surface area contributed by atoms with E-state index in [0.29, 0.717) is 35.9 Å². The monoisotopic (exact) mass is 486 g/mol. The number of anilines is 1. The van der Waals surface area contributed by atoms with Crippen LogP contribution >= 0.6 is 0 Å². The Labute approximate surface area is 213 Å². The summed E-state index contributed by atoms with van der Waals surface area (Å²) in [6.07, 6.45) is 5.92. The number of hydrogen-bond donors (Lipinski definition) is 0. The molecule has 2 heterocycles. The predicted molar refractivity (Wildman–Crippen MR) is 138 cm³/mol. The van der Waals surface area contributed by atoms with E-state index in [-0.39, 0.29) is 17.9 Å².